The molecule has 2 aliphatic rings. The average molecular weight is 168 g/mol. The average Bonchev–Trinajstić information content (AvgIpc) is 2.55. The van der Waals surface area contributed by atoms with Gasteiger partial charge >= 0.3 is 0 Å². The van der Waals surface area contributed by atoms with E-state index in [2.05, 4.69) is 38.0 Å². The maximum atomic E-state index is 2.41. The van der Waals surface area contributed by atoms with Crippen molar-refractivity contribution >= 4 is 0 Å². The summed E-state index contributed by atoms with van der Waals surface area (Å²) in [7, 11) is 4.43. The third-order valence-corrected chi connectivity index (χ3v) is 4.32. The van der Waals surface area contributed by atoms with Gasteiger partial charge in [0.25, 0.3) is 0 Å². The lowest BCUT2D eigenvalue weighted by molar-refractivity contribution is 0.167. The molecule has 1 spiro atoms. The van der Waals surface area contributed by atoms with Gasteiger partial charge in [-0.3, -0.25) is 0 Å². The lowest BCUT2D eigenvalue weighted by atomic mass is 9.75. The van der Waals surface area contributed by atoms with Crippen LogP contribution in [-0.4, -0.2) is 29.8 Å². The number of nitrogens with zero attached hydrogens (tertiary/aromatic N) is 2. The molecule has 0 bridgehead atoms. The van der Waals surface area contributed by atoms with Crippen molar-refractivity contribution in [3.8, 4) is 0 Å². The predicted molar refractivity (Wildman–Crippen MR) is 50.4 cm³/mol. The topological polar surface area (TPSA) is 6.02 Å². The quantitative estimate of drug-likeness (QED) is 0.510. The lowest BCUT2D eigenvalue weighted by Crippen LogP contribution is -2.36. The Balaban J connectivity index is 2.16. The summed E-state index contributed by atoms with van der Waals surface area (Å²) < 4.78 is 0. The summed E-state index contributed by atoms with van der Waals surface area (Å²) in [6.07, 6.45) is 4.19. The van der Waals surface area contributed by atoms with Crippen molar-refractivity contribution < 1.29 is 0 Å². The number of hydrogen-bond donors (Lipinski definition) is 0. The van der Waals surface area contributed by atoms with Crippen LogP contribution in [0.5, 0.6) is 0 Å². The molecule has 2 rings (SSSR count). The Morgan fingerprint density at radius 2 is 1.75 bits per heavy atom. The number of rotatable bonds is 0. The summed E-state index contributed by atoms with van der Waals surface area (Å²) in [5.41, 5.74) is 0.442. The molecular formula is C10H20N2. The molecule has 1 saturated heterocycles. The highest BCUT2D eigenvalue weighted by molar-refractivity contribution is 5.04. The minimum Gasteiger partial charge on any atom is -0.222 e. The predicted octanol–water partition coefficient (Wildman–Crippen LogP) is 1.93. The third kappa shape index (κ3) is 0.826. The van der Waals surface area contributed by atoms with E-state index in [4.69, 9.17) is 0 Å². The molecule has 0 aromatic carbocycles. The fourth-order valence-corrected chi connectivity index (χ4v) is 3.04. The fraction of sp³-hybridized carbons (Fsp3) is 1.00. The second-order valence-corrected chi connectivity index (χ2v) is 4.58. The van der Waals surface area contributed by atoms with Gasteiger partial charge in [-0.05, 0) is 24.7 Å². The summed E-state index contributed by atoms with van der Waals surface area (Å²) in [6.45, 7) is 4.80. The second kappa shape index (κ2) is 2.46. The van der Waals surface area contributed by atoms with Crippen molar-refractivity contribution in [1.29, 1.82) is 0 Å². The second-order valence-electron chi connectivity index (χ2n) is 4.58. The Morgan fingerprint density at radius 1 is 1.17 bits per heavy atom. The zero-order valence-electron chi connectivity index (χ0n) is 8.67. The minimum absolute atomic E-state index is 0.442. The van der Waals surface area contributed by atoms with E-state index in [9.17, 15) is 0 Å². The summed E-state index contributed by atoms with van der Waals surface area (Å²) in [4.78, 5) is 0. The first-order valence-corrected chi connectivity index (χ1v) is 5.08. The lowest BCUT2D eigenvalue weighted by Gasteiger charge is -2.33. The zero-order chi connectivity index (χ0) is 8.93. The van der Waals surface area contributed by atoms with Gasteiger partial charge in [0.05, 0.1) is 0 Å². The molecular weight excluding hydrogens is 148 g/mol. The van der Waals surface area contributed by atoms with Crippen molar-refractivity contribution in [2.24, 2.45) is 11.8 Å². The SMILES string of the molecule is CC1CCCC2(C1C)N(C)N2C. The normalized spacial score (nSPS) is 59.0. The van der Waals surface area contributed by atoms with Crippen LogP contribution in [0.1, 0.15) is 33.1 Å². The van der Waals surface area contributed by atoms with Crippen LogP contribution >= 0.6 is 0 Å². The van der Waals surface area contributed by atoms with Crippen LogP contribution in [0.15, 0.2) is 0 Å². The van der Waals surface area contributed by atoms with Crippen LogP contribution < -0.4 is 0 Å². The Kier molecular flexibility index (Phi) is 1.74. The largest absolute Gasteiger partial charge is 0.222 e. The molecule has 70 valence electrons. The maximum Gasteiger partial charge on any atom is 0.103 e. The summed E-state index contributed by atoms with van der Waals surface area (Å²) in [5.74, 6) is 1.73. The molecule has 0 radical (unpaired) electrons. The first-order chi connectivity index (χ1) is 5.60. The van der Waals surface area contributed by atoms with Gasteiger partial charge in [-0.1, -0.05) is 20.3 Å². The third-order valence-electron chi connectivity index (χ3n) is 4.32. The van der Waals surface area contributed by atoms with Crippen molar-refractivity contribution in [2.75, 3.05) is 14.1 Å². The summed E-state index contributed by atoms with van der Waals surface area (Å²) in [5, 5.41) is 4.82. The maximum absolute atomic E-state index is 2.41. The summed E-state index contributed by atoms with van der Waals surface area (Å²) >= 11 is 0. The molecule has 1 aliphatic heterocycles. The molecule has 4 unspecified atom stereocenters. The van der Waals surface area contributed by atoms with Gasteiger partial charge in [0.15, 0.2) is 0 Å². The minimum atomic E-state index is 0.442. The Morgan fingerprint density at radius 3 is 2.17 bits per heavy atom. The highest BCUT2D eigenvalue weighted by Gasteiger charge is 2.61. The first kappa shape index (κ1) is 8.52. The van der Waals surface area contributed by atoms with E-state index in [1.54, 1.807) is 0 Å². The van der Waals surface area contributed by atoms with Gasteiger partial charge in [-0.25, -0.2) is 10.0 Å². The van der Waals surface area contributed by atoms with Crippen molar-refractivity contribution in [3.05, 3.63) is 0 Å². The summed E-state index contributed by atoms with van der Waals surface area (Å²) in [6, 6.07) is 0. The molecule has 0 N–H and O–H groups in total. The van der Waals surface area contributed by atoms with Crippen molar-refractivity contribution in [2.45, 2.75) is 38.8 Å². The standard InChI is InChI=1S/C10H20N2/c1-8-6-5-7-10(9(8)2)11(3)12(10)4/h8-9H,5-7H2,1-4H3. The number of hydrazine groups is 1. The molecule has 2 nitrogen and oxygen atoms in total. The van der Waals surface area contributed by atoms with Gasteiger partial charge in [0.2, 0.25) is 0 Å². The van der Waals surface area contributed by atoms with Crippen LogP contribution in [0.25, 0.3) is 0 Å². The van der Waals surface area contributed by atoms with Crippen LogP contribution in [0, 0.1) is 11.8 Å². The van der Waals surface area contributed by atoms with E-state index < -0.39 is 0 Å². The van der Waals surface area contributed by atoms with E-state index in [-0.39, 0.29) is 0 Å². The van der Waals surface area contributed by atoms with Gasteiger partial charge in [0, 0.05) is 14.1 Å². The molecule has 1 heterocycles. The molecule has 2 heteroatoms. The van der Waals surface area contributed by atoms with Crippen LogP contribution in [-0.2, 0) is 0 Å². The molecule has 1 aliphatic carbocycles. The van der Waals surface area contributed by atoms with Gasteiger partial charge in [0.1, 0.15) is 5.66 Å². The smallest absolute Gasteiger partial charge is 0.103 e. The molecule has 1 saturated carbocycles. The number of hydrogen-bond acceptors (Lipinski definition) is 2. The van der Waals surface area contributed by atoms with E-state index in [1.807, 2.05) is 0 Å². The molecule has 2 fully saturated rings. The van der Waals surface area contributed by atoms with Crippen LogP contribution in [0.3, 0.4) is 0 Å². The van der Waals surface area contributed by atoms with Gasteiger partial charge in [-0.2, -0.15) is 0 Å². The molecule has 0 amide bonds. The van der Waals surface area contributed by atoms with Crippen LogP contribution in [0.4, 0.5) is 0 Å². The molecule has 4 atom stereocenters. The molecule has 0 aromatic heterocycles. The van der Waals surface area contributed by atoms with Gasteiger partial charge in [-0.15, -0.1) is 0 Å². The van der Waals surface area contributed by atoms with Crippen molar-refractivity contribution in [1.82, 2.24) is 10.0 Å². The van der Waals surface area contributed by atoms with E-state index in [1.165, 1.54) is 19.3 Å². The Bertz CT molecular complexity index is 182. The molecule has 12 heavy (non-hydrogen) atoms. The van der Waals surface area contributed by atoms with E-state index in [0.29, 0.717) is 5.66 Å². The zero-order valence-corrected chi connectivity index (χ0v) is 8.67. The Hall–Kier alpha value is -0.0800. The van der Waals surface area contributed by atoms with E-state index >= 15 is 0 Å². The highest BCUT2D eigenvalue weighted by Crippen LogP contribution is 2.52. The highest BCUT2D eigenvalue weighted by atomic mass is 15.9. The molecule has 0 aromatic rings. The fourth-order valence-electron chi connectivity index (χ4n) is 3.04. The first-order valence-electron chi connectivity index (χ1n) is 5.08. The Labute approximate surface area is 75.5 Å². The van der Waals surface area contributed by atoms with Crippen molar-refractivity contribution in [3.63, 3.8) is 0 Å². The van der Waals surface area contributed by atoms with E-state index in [0.717, 1.165) is 11.8 Å². The van der Waals surface area contributed by atoms with Gasteiger partial charge < -0.3 is 0 Å². The van der Waals surface area contributed by atoms with Crippen LogP contribution in [0.2, 0.25) is 0 Å². The monoisotopic (exact) mass is 168 g/mol.